The lowest BCUT2D eigenvalue weighted by atomic mass is 10.1. The summed E-state index contributed by atoms with van der Waals surface area (Å²) >= 11 is 0. The van der Waals surface area contributed by atoms with Crippen LogP contribution in [0.4, 0.5) is 11.5 Å². The lowest BCUT2D eigenvalue weighted by molar-refractivity contribution is 0.102. The van der Waals surface area contributed by atoms with E-state index in [2.05, 4.69) is 22.5 Å². The van der Waals surface area contributed by atoms with Crippen LogP contribution in [0.15, 0.2) is 42.6 Å². The maximum Gasteiger partial charge on any atom is 0.257 e. The Kier molecular flexibility index (Phi) is 5.32. The number of anilines is 2. The first kappa shape index (κ1) is 15.0. The highest BCUT2D eigenvalue weighted by atomic mass is 16.1. The average molecular weight is 283 g/mol. The van der Waals surface area contributed by atoms with Gasteiger partial charge >= 0.3 is 0 Å². The quantitative estimate of drug-likeness (QED) is 0.849. The molecule has 0 fully saturated rings. The summed E-state index contributed by atoms with van der Waals surface area (Å²) in [6.45, 7) is 4.94. The molecule has 110 valence electrons. The largest absolute Gasteiger partial charge is 0.370 e. The molecule has 2 N–H and O–H groups in total. The first-order valence-corrected chi connectivity index (χ1v) is 7.33. The number of nitrogens with one attached hydrogen (secondary N) is 2. The first-order chi connectivity index (χ1) is 10.2. The zero-order valence-corrected chi connectivity index (χ0v) is 12.5. The average Bonchev–Trinajstić information content (AvgIpc) is 2.50. The van der Waals surface area contributed by atoms with E-state index in [0.717, 1.165) is 36.5 Å². The predicted molar refractivity (Wildman–Crippen MR) is 86.8 cm³/mol. The number of rotatable bonds is 6. The summed E-state index contributed by atoms with van der Waals surface area (Å²) in [6.07, 6.45) is 3.59. The number of para-hydroxylation sites is 1. The maximum absolute atomic E-state index is 12.3. The molecule has 1 amide bonds. The van der Waals surface area contributed by atoms with E-state index in [1.165, 1.54) is 0 Å². The Balaban J connectivity index is 2.10. The van der Waals surface area contributed by atoms with Gasteiger partial charge in [0.1, 0.15) is 5.82 Å². The monoisotopic (exact) mass is 283 g/mol. The number of benzene rings is 1. The van der Waals surface area contributed by atoms with Crippen LogP contribution in [0.2, 0.25) is 0 Å². The summed E-state index contributed by atoms with van der Waals surface area (Å²) in [6, 6.07) is 11.5. The number of hydrogen-bond acceptors (Lipinski definition) is 3. The van der Waals surface area contributed by atoms with Gasteiger partial charge in [0.25, 0.3) is 5.91 Å². The van der Waals surface area contributed by atoms with Gasteiger partial charge < -0.3 is 10.6 Å². The number of aromatic nitrogens is 1. The molecule has 0 aliphatic carbocycles. The molecule has 0 aliphatic heterocycles. The van der Waals surface area contributed by atoms with Crippen molar-refractivity contribution < 1.29 is 4.79 Å². The van der Waals surface area contributed by atoms with Crippen molar-refractivity contribution in [2.45, 2.75) is 26.7 Å². The predicted octanol–water partition coefficient (Wildman–Crippen LogP) is 3.72. The fourth-order valence-corrected chi connectivity index (χ4v) is 2.14. The van der Waals surface area contributed by atoms with Gasteiger partial charge in [0, 0.05) is 18.4 Å². The molecule has 2 rings (SSSR count). The summed E-state index contributed by atoms with van der Waals surface area (Å²) in [5.74, 6) is 0.648. The lowest BCUT2D eigenvalue weighted by Gasteiger charge is -2.10. The second-order valence-electron chi connectivity index (χ2n) is 4.82. The van der Waals surface area contributed by atoms with Crippen molar-refractivity contribution in [3.8, 4) is 0 Å². The molecule has 0 aliphatic rings. The van der Waals surface area contributed by atoms with Crippen molar-refractivity contribution in [3.63, 3.8) is 0 Å². The summed E-state index contributed by atoms with van der Waals surface area (Å²) in [7, 11) is 0. The van der Waals surface area contributed by atoms with Crippen LogP contribution in [0.3, 0.4) is 0 Å². The summed E-state index contributed by atoms with van der Waals surface area (Å²) < 4.78 is 0. The van der Waals surface area contributed by atoms with E-state index in [9.17, 15) is 4.79 Å². The molecule has 0 saturated heterocycles. The van der Waals surface area contributed by atoms with E-state index in [-0.39, 0.29) is 5.91 Å². The molecule has 1 aromatic carbocycles. The Hall–Kier alpha value is -2.36. The molecular weight excluding hydrogens is 262 g/mol. The van der Waals surface area contributed by atoms with Gasteiger partial charge in [-0.3, -0.25) is 4.79 Å². The molecule has 1 aromatic heterocycles. The molecular formula is C17H21N3O. The highest BCUT2D eigenvalue weighted by Gasteiger charge is 2.09. The highest BCUT2D eigenvalue weighted by Crippen LogP contribution is 2.18. The van der Waals surface area contributed by atoms with Crippen LogP contribution in [-0.4, -0.2) is 17.4 Å². The number of carbonyl (C=O) groups is 1. The van der Waals surface area contributed by atoms with E-state index < -0.39 is 0 Å². The van der Waals surface area contributed by atoms with Gasteiger partial charge in [0.15, 0.2) is 0 Å². The third-order valence-corrected chi connectivity index (χ3v) is 3.17. The molecule has 4 nitrogen and oxygen atoms in total. The third kappa shape index (κ3) is 4.05. The number of nitrogens with zero attached hydrogens (tertiary/aromatic N) is 1. The van der Waals surface area contributed by atoms with Crippen molar-refractivity contribution in [3.05, 3.63) is 53.7 Å². The van der Waals surface area contributed by atoms with Crippen LogP contribution in [0.1, 0.15) is 36.2 Å². The van der Waals surface area contributed by atoms with E-state index in [1.54, 1.807) is 12.3 Å². The minimum Gasteiger partial charge on any atom is -0.370 e. The number of amides is 1. The Morgan fingerprint density at radius 1 is 1.14 bits per heavy atom. The van der Waals surface area contributed by atoms with Gasteiger partial charge in [-0.05, 0) is 37.1 Å². The Bertz CT molecular complexity index is 593. The van der Waals surface area contributed by atoms with Crippen molar-refractivity contribution in [1.82, 2.24) is 4.98 Å². The van der Waals surface area contributed by atoms with Gasteiger partial charge in [-0.25, -0.2) is 4.98 Å². The zero-order valence-electron chi connectivity index (χ0n) is 12.5. The fourth-order valence-electron chi connectivity index (χ4n) is 2.14. The van der Waals surface area contributed by atoms with Gasteiger partial charge in [-0.1, -0.05) is 31.5 Å². The first-order valence-electron chi connectivity index (χ1n) is 7.33. The molecule has 0 atom stereocenters. The number of pyridine rings is 1. The van der Waals surface area contributed by atoms with Crippen LogP contribution in [0.5, 0.6) is 0 Å². The molecule has 2 aromatic rings. The molecule has 4 heteroatoms. The molecule has 1 heterocycles. The second kappa shape index (κ2) is 7.43. The van der Waals surface area contributed by atoms with E-state index in [0.29, 0.717) is 5.56 Å². The maximum atomic E-state index is 12.3. The third-order valence-electron chi connectivity index (χ3n) is 3.17. The van der Waals surface area contributed by atoms with E-state index in [4.69, 9.17) is 0 Å². The molecule has 0 bridgehead atoms. The molecule has 0 spiro atoms. The topological polar surface area (TPSA) is 54.0 Å². The Labute approximate surface area is 125 Å². The number of hydrogen-bond donors (Lipinski definition) is 2. The molecule has 0 radical (unpaired) electrons. The van der Waals surface area contributed by atoms with Crippen molar-refractivity contribution >= 4 is 17.4 Å². The minimum absolute atomic E-state index is 0.130. The van der Waals surface area contributed by atoms with Crippen molar-refractivity contribution in [1.29, 1.82) is 0 Å². The minimum atomic E-state index is -0.130. The SMILES string of the molecule is CCCc1ccccc1NC(=O)c1ccc(NCC)nc1. The Morgan fingerprint density at radius 3 is 2.62 bits per heavy atom. The van der Waals surface area contributed by atoms with Crippen LogP contribution in [-0.2, 0) is 6.42 Å². The molecule has 0 unspecified atom stereocenters. The van der Waals surface area contributed by atoms with Crippen molar-refractivity contribution in [2.24, 2.45) is 0 Å². The van der Waals surface area contributed by atoms with E-state index in [1.807, 2.05) is 37.3 Å². The number of aryl methyl sites for hydroxylation is 1. The summed E-state index contributed by atoms with van der Waals surface area (Å²) in [5.41, 5.74) is 2.59. The molecule has 0 saturated carbocycles. The summed E-state index contributed by atoms with van der Waals surface area (Å²) in [5, 5.41) is 6.07. The van der Waals surface area contributed by atoms with E-state index >= 15 is 0 Å². The van der Waals surface area contributed by atoms with Crippen LogP contribution < -0.4 is 10.6 Å². The van der Waals surface area contributed by atoms with Crippen molar-refractivity contribution in [2.75, 3.05) is 17.2 Å². The zero-order chi connectivity index (χ0) is 15.1. The molecule has 21 heavy (non-hydrogen) atoms. The Morgan fingerprint density at radius 2 is 1.95 bits per heavy atom. The lowest BCUT2D eigenvalue weighted by Crippen LogP contribution is -2.14. The standard InChI is InChI=1S/C17H21N3O/c1-3-7-13-8-5-6-9-15(13)20-17(21)14-10-11-16(18-4-2)19-12-14/h5-6,8-12H,3-4,7H2,1-2H3,(H,18,19)(H,20,21). The van der Waals surface area contributed by atoms with Gasteiger partial charge in [0.2, 0.25) is 0 Å². The van der Waals surface area contributed by atoms with Gasteiger partial charge in [0.05, 0.1) is 5.56 Å². The second-order valence-corrected chi connectivity index (χ2v) is 4.82. The van der Waals surface area contributed by atoms with Crippen LogP contribution >= 0.6 is 0 Å². The van der Waals surface area contributed by atoms with Crippen LogP contribution in [0.25, 0.3) is 0 Å². The highest BCUT2D eigenvalue weighted by molar-refractivity contribution is 6.04. The normalized spacial score (nSPS) is 10.2. The summed E-state index contributed by atoms with van der Waals surface area (Å²) in [4.78, 5) is 16.5. The van der Waals surface area contributed by atoms with Gasteiger partial charge in [-0.2, -0.15) is 0 Å². The van der Waals surface area contributed by atoms with Crippen LogP contribution in [0, 0.1) is 0 Å². The number of carbonyl (C=O) groups excluding carboxylic acids is 1. The van der Waals surface area contributed by atoms with Gasteiger partial charge in [-0.15, -0.1) is 0 Å². The fraction of sp³-hybridized carbons (Fsp3) is 0.294. The smallest absolute Gasteiger partial charge is 0.257 e.